The van der Waals surface area contributed by atoms with E-state index in [1.54, 1.807) is 18.2 Å². The molecular formula is C17H18BrNO2. The molecule has 0 aliphatic heterocycles. The minimum absolute atomic E-state index is 0.339. The van der Waals surface area contributed by atoms with Crippen molar-refractivity contribution in [1.82, 2.24) is 0 Å². The molecule has 21 heavy (non-hydrogen) atoms. The van der Waals surface area contributed by atoms with Gasteiger partial charge in [-0.1, -0.05) is 30.3 Å². The number of carbonyl (C=O) groups excluding carboxylic acids is 1. The Kier molecular flexibility index (Phi) is 5.81. The Labute approximate surface area is 133 Å². The van der Waals surface area contributed by atoms with E-state index in [0.717, 1.165) is 19.3 Å². The summed E-state index contributed by atoms with van der Waals surface area (Å²) in [6.07, 6.45) is 2.84. The molecule has 0 saturated carbocycles. The maximum Gasteiger partial charge on any atom is 0.339 e. The second kappa shape index (κ2) is 7.84. The van der Waals surface area contributed by atoms with Crippen molar-refractivity contribution in [3.05, 3.63) is 64.1 Å². The van der Waals surface area contributed by atoms with E-state index in [-0.39, 0.29) is 5.97 Å². The number of halogens is 1. The number of esters is 1. The van der Waals surface area contributed by atoms with E-state index < -0.39 is 0 Å². The molecule has 0 aliphatic rings. The van der Waals surface area contributed by atoms with Gasteiger partial charge >= 0.3 is 5.97 Å². The van der Waals surface area contributed by atoms with Gasteiger partial charge in [-0.05, 0) is 59.0 Å². The molecule has 110 valence electrons. The zero-order valence-corrected chi connectivity index (χ0v) is 13.3. The van der Waals surface area contributed by atoms with Crippen molar-refractivity contribution in [2.24, 2.45) is 0 Å². The van der Waals surface area contributed by atoms with E-state index in [4.69, 9.17) is 10.5 Å². The van der Waals surface area contributed by atoms with Crippen LogP contribution in [0.15, 0.2) is 53.0 Å². The molecule has 4 heteroatoms. The van der Waals surface area contributed by atoms with Crippen LogP contribution in [0, 0.1) is 0 Å². The van der Waals surface area contributed by atoms with Crippen molar-refractivity contribution < 1.29 is 9.53 Å². The van der Waals surface area contributed by atoms with E-state index in [1.165, 1.54) is 5.56 Å². The highest BCUT2D eigenvalue weighted by Gasteiger charge is 2.11. The van der Waals surface area contributed by atoms with Gasteiger partial charge in [0.2, 0.25) is 0 Å². The van der Waals surface area contributed by atoms with Crippen molar-refractivity contribution in [2.75, 3.05) is 12.3 Å². The highest BCUT2D eigenvalue weighted by Crippen LogP contribution is 2.20. The Bertz CT molecular complexity index is 599. The summed E-state index contributed by atoms with van der Waals surface area (Å²) in [4.78, 5) is 11.9. The summed E-state index contributed by atoms with van der Waals surface area (Å²) in [5, 5.41) is 0. The average Bonchev–Trinajstić information content (AvgIpc) is 2.50. The Hall–Kier alpha value is -1.81. The van der Waals surface area contributed by atoms with E-state index >= 15 is 0 Å². The van der Waals surface area contributed by atoms with Gasteiger partial charge in [-0.3, -0.25) is 0 Å². The molecule has 0 spiro atoms. The number of carbonyl (C=O) groups is 1. The van der Waals surface area contributed by atoms with E-state index in [2.05, 4.69) is 28.1 Å². The molecule has 3 nitrogen and oxygen atoms in total. The summed E-state index contributed by atoms with van der Waals surface area (Å²) in [5.74, 6) is -0.339. The van der Waals surface area contributed by atoms with Gasteiger partial charge in [-0.15, -0.1) is 0 Å². The fourth-order valence-corrected chi connectivity index (χ4v) is 2.43. The zero-order chi connectivity index (χ0) is 15.1. The number of ether oxygens (including phenoxy) is 1. The predicted molar refractivity (Wildman–Crippen MR) is 88.2 cm³/mol. The van der Waals surface area contributed by atoms with Crippen LogP contribution in [0.5, 0.6) is 0 Å². The summed E-state index contributed by atoms with van der Waals surface area (Å²) in [5.41, 5.74) is 8.01. The first-order valence-electron chi connectivity index (χ1n) is 6.93. The number of anilines is 1. The molecule has 0 fully saturated rings. The molecule has 0 bridgehead atoms. The third-order valence-corrected chi connectivity index (χ3v) is 3.84. The minimum atomic E-state index is -0.339. The van der Waals surface area contributed by atoms with Crippen molar-refractivity contribution >= 4 is 27.6 Å². The second-order valence-electron chi connectivity index (χ2n) is 4.82. The molecule has 0 heterocycles. The third-order valence-electron chi connectivity index (χ3n) is 3.15. The SMILES string of the molecule is Nc1ccc(Br)c(C(=O)OCCCCc2ccccc2)c1. The molecular weight excluding hydrogens is 330 g/mol. The van der Waals surface area contributed by atoms with Crippen LogP contribution < -0.4 is 5.73 Å². The summed E-state index contributed by atoms with van der Waals surface area (Å²) < 4.78 is 5.98. The van der Waals surface area contributed by atoms with Gasteiger partial charge in [0.05, 0.1) is 12.2 Å². The standard InChI is InChI=1S/C17H18BrNO2/c18-16-10-9-14(19)12-15(16)17(20)21-11-5-4-8-13-6-2-1-3-7-13/h1-3,6-7,9-10,12H,4-5,8,11,19H2. The first kappa shape index (κ1) is 15.6. The Balaban J connectivity index is 1.73. The number of hydrogen-bond donors (Lipinski definition) is 1. The molecule has 0 amide bonds. The number of nitrogens with two attached hydrogens (primary N) is 1. The van der Waals surface area contributed by atoms with Crippen LogP contribution in [-0.2, 0) is 11.2 Å². The van der Waals surface area contributed by atoms with Crippen LogP contribution in [0.4, 0.5) is 5.69 Å². The first-order valence-corrected chi connectivity index (χ1v) is 7.72. The van der Waals surface area contributed by atoms with Crippen LogP contribution >= 0.6 is 15.9 Å². The highest BCUT2D eigenvalue weighted by atomic mass is 79.9. The maximum absolute atomic E-state index is 11.9. The van der Waals surface area contributed by atoms with Crippen molar-refractivity contribution in [2.45, 2.75) is 19.3 Å². The molecule has 0 radical (unpaired) electrons. The Morgan fingerprint density at radius 3 is 2.62 bits per heavy atom. The smallest absolute Gasteiger partial charge is 0.339 e. The number of benzene rings is 2. The minimum Gasteiger partial charge on any atom is -0.462 e. The van der Waals surface area contributed by atoms with Crippen LogP contribution in [0.1, 0.15) is 28.8 Å². The third kappa shape index (κ3) is 4.90. The lowest BCUT2D eigenvalue weighted by Gasteiger charge is -2.07. The first-order chi connectivity index (χ1) is 10.2. The van der Waals surface area contributed by atoms with Gasteiger partial charge in [0.1, 0.15) is 0 Å². The number of hydrogen-bond acceptors (Lipinski definition) is 3. The summed E-state index contributed by atoms with van der Waals surface area (Å²) in [7, 11) is 0. The van der Waals surface area contributed by atoms with Gasteiger partial charge in [0.15, 0.2) is 0 Å². The van der Waals surface area contributed by atoms with Crippen LogP contribution in [0.2, 0.25) is 0 Å². The van der Waals surface area contributed by atoms with Gasteiger partial charge in [0.25, 0.3) is 0 Å². The van der Waals surface area contributed by atoms with Gasteiger partial charge in [-0.2, -0.15) is 0 Å². The molecule has 2 aromatic carbocycles. The average molecular weight is 348 g/mol. The largest absolute Gasteiger partial charge is 0.462 e. The monoisotopic (exact) mass is 347 g/mol. The molecule has 2 rings (SSSR count). The molecule has 0 saturated heterocycles. The number of aryl methyl sites for hydroxylation is 1. The van der Waals surface area contributed by atoms with Gasteiger partial charge < -0.3 is 10.5 Å². The summed E-state index contributed by atoms with van der Waals surface area (Å²) in [6, 6.07) is 15.4. The fourth-order valence-electron chi connectivity index (χ4n) is 2.02. The van der Waals surface area contributed by atoms with Crippen LogP contribution in [0.25, 0.3) is 0 Å². The lowest BCUT2D eigenvalue weighted by atomic mass is 10.1. The molecule has 0 unspecified atom stereocenters. The molecule has 2 aromatic rings. The fraction of sp³-hybridized carbons (Fsp3) is 0.235. The van der Waals surface area contributed by atoms with Crippen molar-refractivity contribution in [3.8, 4) is 0 Å². The van der Waals surface area contributed by atoms with Crippen LogP contribution in [0.3, 0.4) is 0 Å². The number of rotatable bonds is 6. The molecule has 0 aromatic heterocycles. The Morgan fingerprint density at radius 2 is 1.86 bits per heavy atom. The summed E-state index contributed by atoms with van der Waals surface area (Å²) >= 11 is 3.33. The van der Waals surface area contributed by atoms with E-state index in [9.17, 15) is 4.79 Å². The number of nitrogen functional groups attached to an aromatic ring is 1. The van der Waals surface area contributed by atoms with Gasteiger partial charge in [0, 0.05) is 10.2 Å². The molecule has 2 N–H and O–H groups in total. The Morgan fingerprint density at radius 1 is 1.10 bits per heavy atom. The normalized spacial score (nSPS) is 10.3. The topological polar surface area (TPSA) is 52.3 Å². The maximum atomic E-state index is 11.9. The van der Waals surface area contributed by atoms with Gasteiger partial charge in [-0.25, -0.2) is 4.79 Å². The summed E-state index contributed by atoms with van der Waals surface area (Å²) in [6.45, 7) is 0.424. The lowest BCUT2D eigenvalue weighted by Crippen LogP contribution is -2.08. The highest BCUT2D eigenvalue weighted by molar-refractivity contribution is 9.10. The van der Waals surface area contributed by atoms with Crippen molar-refractivity contribution in [3.63, 3.8) is 0 Å². The lowest BCUT2D eigenvalue weighted by molar-refractivity contribution is 0.0497. The quantitative estimate of drug-likeness (QED) is 0.483. The van der Waals surface area contributed by atoms with E-state index in [1.807, 2.05) is 18.2 Å². The van der Waals surface area contributed by atoms with Crippen molar-refractivity contribution in [1.29, 1.82) is 0 Å². The zero-order valence-electron chi connectivity index (χ0n) is 11.7. The second-order valence-corrected chi connectivity index (χ2v) is 5.67. The number of unbranched alkanes of at least 4 members (excludes halogenated alkanes) is 1. The molecule has 0 atom stereocenters. The van der Waals surface area contributed by atoms with Crippen LogP contribution in [-0.4, -0.2) is 12.6 Å². The van der Waals surface area contributed by atoms with E-state index in [0.29, 0.717) is 22.3 Å². The molecule has 0 aliphatic carbocycles. The predicted octanol–water partition coefficient (Wildman–Crippen LogP) is 4.21.